The Hall–Kier alpha value is -2.50. The topological polar surface area (TPSA) is 53.1 Å². The van der Waals surface area contributed by atoms with Gasteiger partial charge in [-0.15, -0.1) is 0 Å². The van der Waals surface area contributed by atoms with Gasteiger partial charge >= 0.3 is 6.03 Å². The smallest absolute Gasteiger partial charge is 0.320 e. The molecule has 3 amide bonds. The monoisotopic (exact) mass is 399 g/mol. The summed E-state index contributed by atoms with van der Waals surface area (Å²) in [6, 6.07) is 8.00. The molecule has 0 unspecified atom stereocenters. The lowest BCUT2D eigenvalue weighted by atomic mass is 9.89. The van der Waals surface area contributed by atoms with E-state index in [9.17, 15) is 9.59 Å². The summed E-state index contributed by atoms with van der Waals surface area (Å²) in [5, 5.41) is 0. The van der Waals surface area contributed by atoms with E-state index in [4.69, 9.17) is 4.74 Å². The van der Waals surface area contributed by atoms with E-state index in [1.54, 1.807) is 26.1 Å². The van der Waals surface area contributed by atoms with Gasteiger partial charge < -0.3 is 19.4 Å². The molecule has 0 aliphatic carbocycles. The van der Waals surface area contributed by atoms with Gasteiger partial charge in [-0.1, -0.05) is 24.3 Å². The number of likely N-dealkylation sites (tertiary alicyclic amines) is 2. The number of benzene rings is 1. The second kappa shape index (κ2) is 9.33. The number of nitrogens with zero attached hydrogens (tertiary/aromatic N) is 3. The molecule has 0 N–H and O–H groups in total. The number of amides is 3. The number of unbranched alkanes of at least 4 members (excludes halogenated alkanes) is 1. The van der Waals surface area contributed by atoms with Crippen LogP contribution in [0.1, 0.15) is 37.8 Å². The number of hydrogen-bond donors (Lipinski definition) is 0. The zero-order chi connectivity index (χ0) is 21.0. The summed E-state index contributed by atoms with van der Waals surface area (Å²) in [5.41, 5.74) is 1.11. The highest BCUT2D eigenvalue weighted by Crippen LogP contribution is 2.45. The van der Waals surface area contributed by atoms with Gasteiger partial charge in [-0.2, -0.15) is 0 Å². The van der Waals surface area contributed by atoms with Crippen molar-refractivity contribution in [1.82, 2.24) is 14.7 Å². The summed E-state index contributed by atoms with van der Waals surface area (Å²) < 4.78 is 5.29. The highest BCUT2D eigenvalue weighted by atomic mass is 16.5. The van der Waals surface area contributed by atoms with Crippen molar-refractivity contribution in [3.05, 3.63) is 42.0 Å². The Kier molecular flexibility index (Phi) is 6.83. The number of rotatable bonds is 6. The quantitative estimate of drug-likeness (QED) is 0.543. The molecule has 2 heterocycles. The maximum Gasteiger partial charge on any atom is 0.320 e. The highest BCUT2D eigenvalue weighted by molar-refractivity contribution is 5.77. The van der Waals surface area contributed by atoms with Gasteiger partial charge in [-0.3, -0.25) is 4.79 Å². The molecule has 0 aromatic heterocycles. The maximum atomic E-state index is 12.8. The molecule has 2 aliphatic heterocycles. The molecule has 0 saturated carbocycles. The zero-order valence-electron chi connectivity index (χ0n) is 18.0. The predicted molar refractivity (Wildman–Crippen MR) is 114 cm³/mol. The van der Waals surface area contributed by atoms with Crippen molar-refractivity contribution in [3.8, 4) is 5.75 Å². The lowest BCUT2D eigenvalue weighted by molar-refractivity contribution is -0.130. The normalized spacial score (nSPS) is 23.5. The lowest BCUT2D eigenvalue weighted by Gasteiger charge is -2.32. The van der Waals surface area contributed by atoms with Gasteiger partial charge in [0, 0.05) is 52.0 Å². The fourth-order valence-corrected chi connectivity index (χ4v) is 4.63. The molecule has 0 radical (unpaired) electrons. The van der Waals surface area contributed by atoms with Crippen molar-refractivity contribution >= 4 is 11.9 Å². The van der Waals surface area contributed by atoms with Gasteiger partial charge in [0.05, 0.1) is 13.2 Å². The van der Waals surface area contributed by atoms with Crippen LogP contribution in [0.3, 0.4) is 0 Å². The molecule has 2 saturated heterocycles. The summed E-state index contributed by atoms with van der Waals surface area (Å²) >= 11 is 0. The molecular formula is C23H33N3O3. The summed E-state index contributed by atoms with van der Waals surface area (Å²) in [6.07, 6.45) is 6.57. The number of fused-ring (bicyclic) bond motifs is 1. The van der Waals surface area contributed by atoms with Crippen LogP contribution >= 0.6 is 0 Å². The van der Waals surface area contributed by atoms with Crippen LogP contribution in [-0.2, 0) is 4.79 Å². The second-order valence-electron chi connectivity index (χ2n) is 8.23. The number of allylic oxidation sites excluding steroid dienone is 2. The molecule has 158 valence electrons. The van der Waals surface area contributed by atoms with Crippen LogP contribution in [0.2, 0.25) is 0 Å². The molecule has 3 rings (SSSR count). The third-order valence-corrected chi connectivity index (χ3v) is 6.10. The van der Waals surface area contributed by atoms with Gasteiger partial charge in [0.1, 0.15) is 5.75 Å². The molecular weight excluding hydrogens is 366 g/mol. The van der Waals surface area contributed by atoms with E-state index in [-0.39, 0.29) is 23.9 Å². The van der Waals surface area contributed by atoms with Crippen molar-refractivity contribution in [2.75, 3.05) is 40.8 Å². The third-order valence-electron chi connectivity index (χ3n) is 6.10. The summed E-state index contributed by atoms with van der Waals surface area (Å²) in [6.45, 7) is 4.17. The van der Waals surface area contributed by atoms with E-state index >= 15 is 0 Å². The first-order chi connectivity index (χ1) is 14.0. The van der Waals surface area contributed by atoms with E-state index in [1.807, 2.05) is 47.1 Å². The van der Waals surface area contributed by atoms with E-state index in [0.717, 1.165) is 37.2 Å². The van der Waals surface area contributed by atoms with Crippen molar-refractivity contribution in [3.63, 3.8) is 0 Å². The highest BCUT2D eigenvalue weighted by Gasteiger charge is 2.50. The molecule has 1 aromatic rings. The van der Waals surface area contributed by atoms with Gasteiger partial charge in [-0.25, -0.2) is 4.79 Å². The van der Waals surface area contributed by atoms with Gasteiger partial charge in [0.25, 0.3) is 0 Å². The summed E-state index contributed by atoms with van der Waals surface area (Å²) in [4.78, 5) is 31.2. The summed E-state index contributed by atoms with van der Waals surface area (Å²) in [5.74, 6) is 1.64. The number of carbonyl (C=O) groups is 2. The van der Waals surface area contributed by atoms with Crippen molar-refractivity contribution < 1.29 is 14.3 Å². The number of hydrogen-bond acceptors (Lipinski definition) is 3. The van der Waals surface area contributed by atoms with Crippen LogP contribution in [-0.4, -0.2) is 67.5 Å². The molecule has 6 heteroatoms. The maximum absolute atomic E-state index is 12.8. The van der Waals surface area contributed by atoms with E-state index < -0.39 is 0 Å². The fourth-order valence-electron chi connectivity index (χ4n) is 4.63. The fraction of sp³-hybridized carbons (Fsp3) is 0.565. The average molecular weight is 400 g/mol. The second-order valence-corrected chi connectivity index (χ2v) is 8.23. The van der Waals surface area contributed by atoms with Crippen LogP contribution in [0, 0.1) is 11.8 Å². The van der Waals surface area contributed by atoms with Crippen LogP contribution in [0.25, 0.3) is 0 Å². The number of urea groups is 1. The first-order valence-corrected chi connectivity index (χ1v) is 10.5. The van der Waals surface area contributed by atoms with Crippen LogP contribution in [0.4, 0.5) is 4.79 Å². The molecule has 0 spiro atoms. The Morgan fingerprint density at radius 1 is 1.17 bits per heavy atom. The first kappa shape index (κ1) is 21.2. The van der Waals surface area contributed by atoms with Crippen LogP contribution in [0.15, 0.2) is 36.4 Å². The summed E-state index contributed by atoms with van der Waals surface area (Å²) in [7, 11) is 5.24. The predicted octanol–water partition coefficient (Wildman–Crippen LogP) is 3.55. The molecule has 2 aliphatic rings. The molecule has 2 fully saturated rings. The van der Waals surface area contributed by atoms with Crippen LogP contribution in [0.5, 0.6) is 5.75 Å². The standard InChI is InChI=1S/C23H33N3O3/c1-5-6-7-8-9-21(27)25-14-18-15-26(23(28)24(2)3)22(20(18)16-25)17-10-12-19(29-4)13-11-17/h5-6,10-13,18,20,22H,7-9,14-16H2,1-4H3/b6-5+/t18-,20-,22+/m1/s1. The Morgan fingerprint density at radius 3 is 2.52 bits per heavy atom. The number of ether oxygens (including phenoxy) is 1. The SMILES string of the molecule is C/C=C/CCCC(=O)N1C[C@@H]2CN(C(=O)N(C)C)[C@@H](c3ccc(OC)cc3)[C@@H]2C1. The molecule has 6 nitrogen and oxygen atoms in total. The molecule has 29 heavy (non-hydrogen) atoms. The Labute approximate surface area is 174 Å². The van der Waals surface area contributed by atoms with Crippen molar-refractivity contribution in [2.24, 2.45) is 11.8 Å². The van der Waals surface area contributed by atoms with Gasteiger partial charge in [0.15, 0.2) is 0 Å². The van der Waals surface area contributed by atoms with Crippen LogP contribution < -0.4 is 4.74 Å². The largest absolute Gasteiger partial charge is 0.497 e. The Bertz CT molecular complexity index is 744. The zero-order valence-corrected chi connectivity index (χ0v) is 18.0. The van der Waals surface area contributed by atoms with Crippen molar-refractivity contribution in [2.45, 2.75) is 32.2 Å². The molecule has 1 aromatic carbocycles. The minimum Gasteiger partial charge on any atom is -0.497 e. The first-order valence-electron chi connectivity index (χ1n) is 10.5. The van der Waals surface area contributed by atoms with Crippen molar-refractivity contribution in [1.29, 1.82) is 0 Å². The van der Waals surface area contributed by atoms with Gasteiger partial charge in [-0.05, 0) is 37.5 Å². The minimum absolute atomic E-state index is 0.0124. The van der Waals surface area contributed by atoms with E-state index in [0.29, 0.717) is 18.9 Å². The Balaban J connectivity index is 1.75. The molecule has 3 atom stereocenters. The minimum atomic E-state index is -0.0124. The van der Waals surface area contributed by atoms with E-state index in [2.05, 4.69) is 6.08 Å². The number of methoxy groups -OCH3 is 1. The lowest BCUT2D eigenvalue weighted by Crippen LogP contribution is -2.42. The van der Waals surface area contributed by atoms with Gasteiger partial charge in [0.2, 0.25) is 5.91 Å². The Morgan fingerprint density at radius 2 is 1.90 bits per heavy atom. The van der Waals surface area contributed by atoms with E-state index in [1.165, 1.54) is 0 Å². The third kappa shape index (κ3) is 4.57. The molecule has 0 bridgehead atoms. The average Bonchev–Trinajstić information content (AvgIpc) is 3.28. The number of carbonyl (C=O) groups excluding carboxylic acids is 2.